The van der Waals surface area contributed by atoms with Crippen LogP contribution < -0.4 is 4.72 Å². The monoisotopic (exact) mass is 269 g/mol. The third-order valence-corrected chi connectivity index (χ3v) is 5.02. The Hall–Kier alpha value is -0.910. The summed E-state index contributed by atoms with van der Waals surface area (Å²) in [6, 6.07) is 4.91. The summed E-state index contributed by atoms with van der Waals surface area (Å²) in [5.74, 6) is 0.601. The largest absolute Gasteiger partial charge is 0.392 e. The molecule has 0 heterocycles. The third kappa shape index (κ3) is 2.74. The van der Waals surface area contributed by atoms with Crippen LogP contribution in [-0.2, 0) is 16.6 Å². The molecule has 0 amide bonds. The number of benzene rings is 1. The maximum absolute atomic E-state index is 12.1. The molecule has 1 aromatic rings. The smallest absolute Gasteiger partial charge is 0.240 e. The van der Waals surface area contributed by atoms with E-state index in [4.69, 9.17) is 5.11 Å². The van der Waals surface area contributed by atoms with E-state index in [0.29, 0.717) is 11.5 Å². The second-order valence-corrected chi connectivity index (χ2v) is 6.86. The van der Waals surface area contributed by atoms with E-state index in [-0.39, 0.29) is 17.5 Å². The Bertz CT molecular complexity index is 533. The fourth-order valence-corrected chi connectivity index (χ4v) is 3.58. The van der Waals surface area contributed by atoms with Gasteiger partial charge in [-0.25, -0.2) is 13.1 Å². The lowest BCUT2D eigenvalue weighted by Gasteiger charge is -2.32. The highest BCUT2D eigenvalue weighted by Crippen LogP contribution is 2.28. The summed E-state index contributed by atoms with van der Waals surface area (Å²) in [6.45, 7) is 3.82. The topological polar surface area (TPSA) is 66.4 Å². The van der Waals surface area contributed by atoms with E-state index in [1.54, 1.807) is 18.2 Å². The lowest BCUT2D eigenvalue weighted by Crippen LogP contribution is -2.43. The molecular weight excluding hydrogens is 250 g/mol. The van der Waals surface area contributed by atoms with Crippen LogP contribution in [0.5, 0.6) is 0 Å². The molecule has 1 aromatic carbocycles. The average Bonchev–Trinajstić information content (AvgIpc) is 2.27. The second-order valence-electron chi connectivity index (χ2n) is 5.14. The van der Waals surface area contributed by atoms with E-state index in [9.17, 15) is 8.42 Å². The number of hydrogen-bond acceptors (Lipinski definition) is 3. The number of rotatable bonds is 4. The molecule has 0 unspecified atom stereocenters. The van der Waals surface area contributed by atoms with Gasteiger partial charge in [0.25, 0.3) is 0 Å². The average molecular weight is 269 g/mol. The number of sulfonamides is 1. The van der Waals surface area contributed by atoms with Crippen LogP contribution in [-0.4, -0.2) is 19.6 Å². The summed E-state index contributed by atoms with van der Waals surface area (Å²) in [5.41, 5.74) is 1.55. The van der Waals surface area contributed by atoms with E-state index < -0.39 is 10.0 Å². The molecule has 0 radical (unpaired) electrons. The summed E-state index contributed by atoms with van der Waals surface area (Å²) in [5, 5.41) is 9.17. The first-order valence-electron chi connectivity index (χ1n) is 6.15. The van der Waals surface area contributed by atoms with Crippen molar-refractivity contribution in [2.45, 2.75) is 44.2 Å². The number of aliphatic hydroxyl groups is 1. The summed E-state index contributed by atoms with van der Waals surface area (Å²) < 4.78 is 27.0. The molecule has 4 nitrogen and oxygen atoms in total. The van der Waals surface area contributed by atoms with Gasteiger partial charge in [-0.3, -0.25) is 0 Å². The predicted octanol–water partition coefficient (Wildman–Crippen LogP) is 1.56. The first-order valence-corrected chi connectivity index (χ1v) is 7.63. The van der Waals surface area contributed by atoms with Crippen molar-refractivity contribution in [1.82, 2.24) is 4.72 Å². The highest BCUT2D eigenvalue weighted by Gasteiger charge is 2.29. The fourth-order valence-electron chi connectivity index (χ4n) is 2.27. The van der Waals surface area contributed by atoms with Gasteiger partial charge in [-0.15, -0.1) is 0 Å². The maximum atomic E-state index is 12.1. The van der Waals surface area contributed by atoms with Crippen LogP contribution in [0.1, 0.15) is 30.9 Å². The molecule has 0 atom stereocenters. The zero-order valence-corrected chi connectivity index (χ0v) is 11.5. The standard InChI is InChI=1S/C13H19NO3S/c1-9-5-12(6-9)14-18(16,17)13-4-3-10(2)11(7-13)8-15/h3-4,7,9,12,14-15H,5-6,8H2,1-2H3. The first kappa shape index (κ1) is 13.5. The summed E-state index contributed by atoms with van der Waals surface area (Å²) in [4.78, 5) is 0.233. The van der Waals surface area contributed by atoms with E-state index in [2.05, 4.69) is 11.6 Å². The van der Waals surface area contributed by atoms with Crippen molar-refractivity contribution >= 4 is 10.0 Å². The lowest BCUT2D eigenvalue weighted by molar-refractivity contribution is 0.270. The molecule has 5 heteroatoms. The summed E-state index contributed by atoms with van der Waals surface area (Å²) in [7, 11) is -3.45. The van der Waals surface area contributed by atoms with Crippen molar-refractivity contribution in [2.24, 2.45) is 5.92 Å². The molecule has 0 aliphatic heterocycles. The molecule has 0 spiro atoms. The molecule has 1 aliphatic rings. The van der Waals surface area contributed by atoms with Crippen LogP contribution in [0, 0.1) is 12.8 Å². The highest BCUT2D eigenvalue weighted by atomic mass is 32.2. The van der Waals surface area contributed by atoms with Gasteiger partial charge in [-0.2, -0.15) is 0 Å². The Kier molecular flexibility index (Phi) is 3.75. The van der Waals surface area contributed by atoms with Gasteiger partial charge in [0.1, 0.15) is 0 Å². The van der Waals surface area contributed by atoms with Crippen LogP contribution in [0.3, 0.4) is 0 Å². The van der Waals surface area contributed by atoms with Gasteiger partial charge in [-0.05, 0) is 48.9 Å². The molecule has 1 saturated carbocycles. The van der Waals surface area contributed by atoms with Crippen LogP contribution in [0.15, 0.2) is 23.1 Å². The SMILES string of the molecule is Cc1ccc(S(=O)(=O)NC2CC(C)C2)cc1CO. The number of aliphatic hydroxyl groups excluding tert-OH is 1. The highest BCUT2D eigenvalue weighted by molar-refractivity contribution is 7.89. The maximum Gasteiger partial charge on any atom is 0.240 e. The second kappa shape index (κ2) is 4.99. The van der Waals surface area contributed by atoms with Gasteiger partial charge in [-0.1, -0.05) is 13.0 Å². The Labute approximate surface area is 108 Å². The van der Waals surface area contributed by atoms with Gasteiger partial charge in [0.2, 0.25) is 10.0 Å². The molecule has 100 valence electrons. The third-order valence-electron chi connectivity index (χ3n) is 3.50. The lowest BCUT2D eigenvalue weighted by atomic mass is 9.83. The fraction of sp³-hybridized carbons (Fsp3) is 0.538. The van der Waals surface area contributed by atoms with Crippen LogP contribution in [0.4, 0.5) is 0 Å². The molecule has 1 fully saturated rings. The molecule has 1 aliphatic carbocycles. The van der Waals surface area contributed by atoms with Crippen molar-refractivity contribution in [2.75, 3.05) is 0 Å². The molecule has 0 saturated heterocycles. The van der Waals surface area contributed by atoms with Crippen molar-refractivity contribution in [1.29, 1.82) is 0 Å². The minimum absolute atomic E-state index is 0.0591. The van der Waals surface area contributed by atoms with Gasteiger partial charge < -0.3 is 5.11 Å². The molecule has 2 N–H and O–H groups in total. The Balaban J connectivity index is 2.19. The minimum Gasteiger partial charge on any atom is -0.392 e. The number of aryl methyl sites for hydroxylation is 1. The predicted molar refractivity (Wildman–Crippen MR) is 69.6 cm³/mol. The zero-order valence-electron chi connectivity index (χ0n) is 10.7. The van der Waals surface area contributed by atoms with E-state index >= 15 is 0 Å². The zero-order chi connectivity index (χ0) is 13.3. The van der Waals surface area contributed by atoms with Crippen molar-refractivity contribution in [3.05, 3.63) is 29.3 Å². The molecular formula is C13H19NO3S. The van der Waals surface area contributed by atoms with Crippen LogP contribution in [0.25, 0.3) is 0 Å². The number of nitrogens with one attached hydrogen (secondary N) is 1. The normalized spacial score (nSPS) is 23.7. The molecule has 0 aromatic heterocycles. The Morgan fingerprint density at radius 3 is 2.61 bits per heavy atom. The van der Waals surface area contributed by atoms with Crippen LogP contribution in [0.2, 0.25) is 0 Å². The number of hydrogen-bond donors (Lipinski definition) is 2. The Morgan fingerprint density at radius 1 is 1.39 bits per heavy atom. The van der Waals surface area contributed by atoms with Gasteiger partial charge >= 0.3 is 0 Å². The van der Waals surface area contributed by atoms with Gasteiger partial charge in [0, 0.05) is 6.04 Å². The van der Waals surface area contributed by atoms with Gasteiger partial charge in [0.05, 0.1) is 11.5 Å². The molecule has 18 heavy (non-hydrogen) atoms. The molecule has 0 bridgehead atoms. The minimum atomic E-state index is -3.45. The van der Waals surface area contributed by atoms with E-state index in [1.165, 1.54) is 0 Å². The quantitative estimate of drug-likeness (QED) is 0.872. The van der Waals surface area contributed by atoms with Crippen molar-refractivity contribution in [3.8, 4) is 0 Å². The first-order chi connectivity index (χ1) is 8.42. The molecule has 2 rings (SSSR count). The van der Waals surface area contributed by atoms with Crippen molar-refractivity contribution in [3.63, 3.8) is 0 Å². The van der Waals surface area contributed by atoms with Crippen LogP contribution >= 0.6 is 0 Å². The van der Waals surface area contributed by atoms with E-state index in [1.807, 2.05) is 6.92 Å². The van der Waals surface area contributed by atoms with E-state index in [0.717, 1.165) is 18.4 Å². The summed E-state index contributed by atoms with van der Waals surface area (Å²) >= 11 is 0. The van der Waals surface area contributed by atoms with Gasteiger partial charge in [0.15, 0.2) is 0 Å². The summed E-state index contributed by atoms with van der Waals surface area (Å²) in [6.07, 6.45) is 1.80. The Morgan fingerprint density at radius 2 is 2.06 bits per heavy atom. The van der Waals surface area contributed by atoms with Crippen molar-refractivity contribution < 1.29 is 13.5 Å².